The van der Waals surface area contributed by atoms with Crippen LogP contribution >= 0.6 is 0 Å². The van der Waals surface area contributed by atoms with Crippen molar-refractivity contribution in [3.63, 3.8) is 0 Å². The van der Waals surface area contributed by atoms with Crippen LogP contribution < -0.4 is 14.7 Å². The van der Waals surface area contributed by atoms with E-state index in [1.165, 1.54) is 301 Å². The van der Waals surface area contributed by atoms with Crippen LogP contribution in [-0.2, 0) is 16.2 Å². The Hall–Kier alpha value is -9.96. The summed E-state index contributed by atoms with van der Waals surface area (Å²) in [5.74, 6) is 3.68. The third-order valence-electron chi connectivity index (χ3n) is 34.1. The number of fused-ring (bicyclic) bond motifs is 9. The van der Waals surface area contributed by atoms with E-state index in [1.54, 1.807) is 33.4 Å². The molecule has 0 aliphatic heterocycles. The molecule has 0 N–H and O–H groups in total. The standard InChI is InChI=1S/C46H57N.C43H51N.C40H45N/c1-31(2)47(42-19-18-35(32-14-10-9-11-15-32)28-37(42)33-20-24-44(3,4)25-21-33)43-30-41-39(36-16-12-13-17-40(36)46(41,7)8)29-38(43)34-22-26-45(5,6)27-23-34;1-42(2,3)44(40-26-25-33(30-17-9-6-10-18-30)27-35(40)31-19-11-7-12-20-31)41-29-39-37(28-36(41)32-21-13-8-14-22-32)34-23-15-16-24-38(34)43(39,4)5;1-27(2)41(38-23-22-31(28-14-6-5-7-15-28)24-33(38)29-16-8-9-17-29)39-26-37-35(25-34(39)30-18-10-11-19-30)32-20-12-13-21-36(32)40(37,3)4/h9-19,28-31,33-34H,20-27H2,1-8H3;6,9-10,15-18,23-29,31-32H,7-8,11-14,19-22H2,1-5H3;5-7,12-15,20-27,29-30H,8-11,16-19H2,1-4H3. The van der Waals surface area contributed by atoms with Crippen molar-refractivity contribution in [1.82, 2.24) is 0 Å². The van der Waals surface area contributed by atoms with Gasteiger partial charge in [-0.3, -0.25) is 0 Å². The zero-order valence-corrected chi connectivity index (χ0v) is 83.6. The third-order valence-corrected chi connectivity index (χ3v) is 34.1. The molecule has 0 heterocycles. The van der Waals surface area contributed by atoms with Crippen molar-refractivity contribution in [3.05, 3.63) is 322 Å². The molecular weight excluding hydrogens is 1590 g/mol. The zero-order chi connectivity index (χ0) is 91.8. The van der Waals surface area contributed by atoms with E-state index in [9.17, 15) is 0 Å². The van der Waals surface area contributed by atoms with Crippen LogP contribution in [0.4, 0.5) is 34.1 Å². The van der Waals surface area contributed by atoms with Gasteiger partial charge in [-0.2, -0.15) is 0 Å². The average molecular weight is 1750 g/mol. The minimum atomic E-state index is -0.0784. The lowest BCUT2D eigenvalue weighted by Crippen LogP contribution is -2.39. The molecule has 9 aliphatic carbocycles. The second kappa shape index (κ2) is 37.0. The maximum absolute atomic E-state index is 2.77. The van der Waals surface area contributed by atoms with Crippen LogP contribution in [0.5, 0.6) is 0 Å². The topological polar surface area (TPSA) is 9.72 Å². The minimum Gasteiger partial charge on any atom is -0.338 e. The summed E-state index contributed by atoms with van der Waals surface area (Å²) in [5, 5.41) is 0. The van der Waals surface area contributed by atoms with Gasteiger partial charge in [0.15, 0.2) is 0 Å². The SMILES string of the molecule is CC(C)N(c1ccc(-c2ccccc2)cc1C1CCC(C)(C)CC1)c1cc2c(cc1C1CCC(C)(C)CC1)-c1ccccc1C2(C)C.CC(C)N(c1ccc(-c2ccccc2)cc1C1CCCC1)c1cc2c(cc1C1CCCC1)-c1ccccc1C2(C)C.CC1(C)c2ccccc2-c2cc(C3CCCCC3)c(N(c3ccc(-c4ccccc4)cc3C3CCCCC3)C(C)(C)C)cc21. The van der Waals surface area contributed by atoms with Gasteiger partial charge in [-0.1, -0.05) is 315 Å². The highest BCUT2D eigenvalue weighted by atomic mass is 15.2. The van der Waals surface area contributed by atoms with Crippen LogP contribution in [0.3, 0.4) is 0 Å². The molecule has 12 aromatic rings. The fraction of sp³-hybridized carbons (Fsp3) is 0.442. The van der Waals surface area contributed by atoms with Crippen LogP contribution in [0.25, 0.3) is 66.8 Å². The first-order valence-corrected chi connectivity index (χ1v) is 52.3. The number of nitrogens with zero attached hydrogens (tertiary/aromatic N) is 3. The van der Waals surface area contributed by atoms with Crippen LogP contribution in [0.15, 0.2) is 255 Å². The van der Waals surface area contributed by atoms with Crippen molar-refractivity contribution in [2.24, 2.45) is 10.8 Å². The van der Waals surface area contributed by atoms with Gasteiger partial charge < -0.3 is 14.7 Å². The summed E-state index contributed by atoms with van der Waals surface area (Å²) in [6.45, 7) is 41.4. The van der Waals surface area contributed by atoms with E-state index in [1.807, 2.05) is 0 Å². The predicted molar refractivity (Wildman–Crippen MR) is 568 cm³/mol. The van der Waals surface area contributed by atoms with Crippen molar-refractivity contribution in [2.75, 3.05) is 14.7 Å². The Morgan fingerprint density at radius 2 is 0.477 bits per heavy atom. The van der Waals surface area contributed by atoms with E-state index >= 15 is 0 Å². The predicted octanol–water partition coefficient (Wildman–Crippen LogP) is 37.8. The largest absolute Gasteiger partial charge is 0.338 e. The lowest BCUT2D eigenvalue weighted by molar-refractivity contribution is 0.224. The normalized spacial score (nSPS) is 19.0. The molecule has 684 valence electrons. The second-order valence-corrected chi connectivity index (χ2v) is 46.7. The van der Waals surface area contributed by atoms with Gasteiger partial charge in [0.2, 0.25) is 0 Å². The summed E-state index contributed by atoms with van der Waals surface area (Å²) >= 11 is 0. The number of benzene rings is 12. The molecule has 0 amide bonds. The Kier molecular flexibility index (Phi) is 25.6. The minimum absolute atomic E-state index is 0.00296. The van der Waals surface area contributed by atoms with Gasteiger partial charge in [0.25, 0.3) is 0 Å². The van der Waals surface area contributed by atoms with Crippen molar-refractivity contribution in [2.45, 2.75) is 354 Å². The molecule has 21 rings (SSSR count). The monoisotopic (exact) mass is 1740 g/mol. The van der Waals surface area contributed by atoms with E-state index in [0.717, 1.165) is 0 Å². The van der Waals surface area contributed by atoms with Crippen LogP contribution in [0.2, 0.25) is 0 Å². The maximum Gasteiger partial charge on any atom is 0.0454 e. The number of anilines is 6. The molecule has 9 aliphatic rings. The van der Waals surface area contributed by atoms with Gasteiger partial charge in [0.1, 0.15) is 0 Å². The van der Waals surface area contributed by atoms with E-state index < -0.39 is 0 Å². The van der Waals surface area contributed by atoms with Gasteiger partial charge in [-0.25, -0.2) is 0 Å². The molecule has 6 saturated carbocycles. The Balaban J connectivity index is 0.000000128. The third kappa shape index (κ3) is 17.7. The molecule has 0 bridgehead atoms. The summed E-state index contributed by atoms with van der Waals surface area (Å²) in [4.78, 5) is 8.27. The van der Waals surface area contributed by atoms with Crippen LogP contribution in [0, 0.1) is 10.8 Å². The molecule has 0 unspecified atom stereocenters. The Morgan fingerprint density at radius 3 is 0.780 bits per heavy atom. The van der Waals surface area contributed by atoms with E-state index in [-0.39, 0.29) is 21.8 Å². The lowest BCUT2D eigenvalue weighted by Gasteiger charge is -2.43. The first-order chi connectivity index (χ1) is 63.5. The number of hydrogen-bond donors (Lipinski definition) is 0. The van der Waals surface area contributed by atoms with Gasteiger partial charge in [-0.05, 0) is 404 Å². The lowest BCUT2D eigenvalue weighted by atomic mass is 9.70. The first kappa shape index (κ1) is 91.2. The molecule has 12 aromatic carbocycles. The molecule has 0 radical (unpaired) electrons. The molecule has 0 aromatic heterocycles. The summed E-state index contributed by atoms with van der Waals surface area (Å²) in [7, 11) is 0. The van der Waals surface area contributed by atoms with Crippen LogP contribution in [0.1, 0.15) is 387 Å². The number of hydrogen-bond acceptors (Lipinski definition) is 3. The summed E-state index contributed by atoms with van der Waals surface area (Å²) in [5.41, 5.74) is 44.4. The Labute approximate surface area is 796 Å². The van der Waals surface area contributed by atoms with Gasteiger partial charge in [0, 0.05) is 68.0 Å². The highest BCUT2D eigenvalue weighted by molar-refractivity contribution is 5.90. The molecule has 0 saturated heterocycles. The molecule has 0 spiro atoms. The van der Waals surface area contributed by atoms with E-state index in [4.69, 9.17) is 0 Å². The van der Waals surface area contributed by atoms with Crippen molar-refractivity contribution < 1.29 is 0 Å². The second-order valence-electron chi connectivity index (χ2n) is 46.7. The zero-order valence-electron chi connectivity index (χ0n) is 83.6. The first-order valence-electron chi connectivity index (χ1n) is 52.3. The Bertz CT molecular complexity index is 6090. The summed E-state index contributed by atoms with van der Waals surface area (Å²) < 4.78 is 0. The van der Waals surface area contributed by atoms with Gasteiger partial charge in [-0.15, -0.1) is 0 Å². The highest BCUT2D eigenvalue weighted by Gasteiger charge is 2.45. The van der Waals surface area contributed by atoms with Crippen molar-refractivity contribution in [1.29, 1.82) is 0 Å². The smallest absolute Gasteiger partial charge is 0.0454 e. The molecule has 6 fully saturated rings. The maximum atomic E-state index is 2.77. The molecule has 0 atom stereocenters. The van der Waals surface area contributed by atoms with E-state index in [0.29, 0.717) is 58.4 Å². The van der Waals surface area contributed by atoms with Crippen molar-refractivity contribution in [3.8, 4) is 66.8 Å². The average Bonchev–Trinajstić information content (AvgIpc) is 1.58. The van der Waals surface area contributed by atoms with E-state index in [2.05, 4.69) is 387 Å². The summed E-state index contributed by atoms with van der Waals surface area (Å²) in [6, 6.07) is 99.2. The molecular formula is C129H153N3. The quantitative estimate of drug-likeness (QED) is 0.0900. The molecule has 3 heteroatoms. The molecule has 132 heavy (non-hydrogen) atoms. The Morgan fingerprint density at radius 1 is 0.227 bits per heavy atom. The highest BCUT2D eigenvalue weighted by Crippen LogP contribution is 2.61. The van der Waals surface area contributed by atoms with Crippen LogP contribution in [-0.4, -0.2) is 17.6 Å². The van der Waals surface area contributed by atoms with Gasteiger partial charge >= 0.3 is 0 Å². The fourth-order valence-corrected chi connectivity index (χ4v) is 26.5. The van der Waals surface area contributed by atoms with Gasteiger partial charge in [0.05, 0.1) is 0 Å². The van der Waals surface area contributed by atoms with Crippen molar-refractivity contribution >= 4 is 34.1 Å². The molecule has 3 nitrogen and oxygen atoms in total. The number of rotatable bonds is 17. The fourth-order valence-electron chi connectivity index (χ4n) is 26.5. The summed E-state index contributed by atoms with van der Waals surface area (Å²) in [6.07, 6.45) is 34.2.